The maximum atomic E-state index is 5.15. The van der Waals surface area contributed by atoms with E-state index in [9.17, 15) is 0 Å². The number of epoxide rings is 1. The SMILES string of the molecule is CN(C)c1ccc(CC2CO2)cn1. The molecule has 70 valence electrons. The largest absolute Gasteiger partial charge is 0.373 e. The lowest BCUT2D eigenvalue weighted by molar-refractivity contribution is 0.407. The summed E-state index contributed by atoms with van der Waals surface area (Å²) in [5.41, 5.74) is 1.26. The average Bonchev–Trinajstić information content (AvgIpc) is 2.89. The van der Waals surface area contributed by atoms with Crippen molar-refractivity contribution >= 4 is 5.82 Å². The maximum Gasteiger partial charge on any atom is 0.127 e. The molecule has 0 spiro atoms. The van der Waals surface area contributed by atoms with E-state index in [-0.39, 0.29) is 0 Å². The van der Waals surface area contributed by atoms with Crippen molar-refractivity contribution in [1.82, 2.24) is 4.98 Å². The third-order valence-corrected chi connectivity index (χ3v) is 2.13. The molecule has 0 N–H and O–H groups in total. The molecule has 1 aromatic rings. The molecule has 1 unspecified atom stereocenters. The molecule has 1 aliphatic heterocycles. The number of nitrogens with zero attached hydrogens (tertiary/aromatic N) is 2. The summed E-state index contributed by atoms with van der Waals surface area (Å²) in [6.45, 7) is 0.912. The predicted octanol–water partition coefficient (Wildman–Crippen LogP) is 1.09. The first-order valence-electron chi connectivity index (χ1n) is 4.49. The van der Waals surface area contributed by atoms with Crippen molar-refractivity contribution < 1.29 is 4.74 Å². The van der Waals surface area contributed by atoms with Crippen LogP contribution < -0.4 is 4.90 Å². The molecule has 0 bridgehead atoms. The second-order valence-corrected chi connectivity index (χ2v) is 3.58. The topological polar surface area (TPSA) is 28.7 Å². The highest BCUT2D eigenvalue weighted by Gasteiger charge is 2.22. The van der Waals surface area contributed by atoms with E-state index in [4.69, 9.17) is 4.74 Å². The van der Waals surface area contributed by atoms with E-state index in [1.54, 1.807) is 0 Å². The van der Waals surface area contributed by atoms with Crippen LogP contribution in [-0.4, -0.2) is 31.8 Å². The molecule has 3 nitrogen and oxygen atoms in total. The number of hydrogen-bond acceptors (Lipinski definition) is 3. The standard InChI is InChI=1S/C10H14N2O/c1-12(2)10-4-3-8(6-11-10)5-9-7-13-9/h3-4,6,9H,5,7H2,1-2H3. The van der Waals surface area contributed by atoms with Crippen LogP contribution in [0.1, 0.15) is 5.56 Å². The molecule has 0 amide bonds. The van der Waals surface area contributed by atoms with Crippen LogP contribution in [0.2, 0.25) is 0 Å². The highest BCUT2D eigenvalue weighted by Crippen LogP contribution is 2.16. The van der Waals surface area contributed by atoms with Crippen LogP contribution in [0, 0.1) is 0 Å². The molecule has 2 heterocycles. The number of pyridine rings is 1. The fraction of sp³-hybridized carbons (Fsp3) is 0.500. The Bertz CT molecular complexity index is 277. The zero-order valence-electron chi connectivity index (χ0n) is 8.03. The quantitative estimate of drug-likeness (QED) is 0.649. The lowest BCUT2D eigenvalue weighted by atomic mass is 10.2. The highest BCUT2D eigenvalue weighted by atomic mass is 16.6. The lowest BCUT2D eigenvalue weighted by Gasteiger charge is -2.10. The third kappa shape index (κ3) is 2.18. The van der Waals surface area contributed by atoms with Crippen molar-refractivity contribution in [3.8, 4) is 0 Å². The van der Waals surface area contributed by atoms with Gasteiger partial charge >= 0.3 is 0 Å². The summed E-state index contributed by atoms with van der Waals surface area (Å²) in [5.74, 6) is 1.00. The molecule has 0 aromatic carbocycles. The van der Waals surface area contributed by atoms with Crippen molar-refractivity contribution in [3.05, 3.63) is 23.9 Å². The first kappa shape index (κ1) is 8.51. The molecule has 1 saturated heterocycles. The first-order valence-corrected chi connectivity index (χ1v) is 4.49. The van der Waals surface area contributed by atoms with Crippen LogP contribution in [-0.2, 0) is 11.2 Å². The fourth-order valence-electron chi connectivity index (χ4n) is 1.25. The maximum absolute atomic E-state index is 5.15. The fourth-order valence-corrected chi connectivity index (χ4v) is 1.25. The van der Waals surface area contributed by atoms with Gasteiger partial charge in [-0.05, 0) is 11.6 Å². The minimum absolute atomic E-state index is 0.451. The summed E-state index contributed by atoms with van der Waals surface area (Å²) in [5, 5.41) is 0. The minimum Gasteiger partial charge on any atom is -0.373 e. The number of aromatic nitrogens is 1. The number of ether oxygens (including phenoxy) is 1. The molecular formula is C10H14N2O. The summed E-state index contributed by atoms with van der Waals surface area (Å²) in [7, 11) is 3.98. The Hall–Kier alpha value is -1.09. The Labute approximate surface area is 78.3 Å². The van der Waals surface area contributed by atoms with Crippen molar-refractivity contribution in [2.75, 3.05) is 25.6 Å². The molecule has 0 saturated carbocycles. The van der Waals surface area contributed by atoms with Crippen LogP contribution >= 0.6 is 0 Å². The minimum atomic E-state index is 0.451. The van der Waals surface area contributed by atoms with E-state index in [1.807, 2.05) is 31.3 Å². The van der Waals surface area contributed by atoms with Gasteiger partial charge in [-0.3, -0.25) is 0 Å². The molecule has 0 aliphatic carbocycles. The van der Waals surface area contributed by atoms with E-state index in [0.717, 1.165) is 18.8 Å². The Morgan fingerprint density at radius 1 is 1.54 bits per heavy atom. The second-order valence-electron chi connectivity index (χ2n) is 3.58. The molecule has 1 atom stereocenters. The zero-order valence-corrected chi connectivity index (χ0v) is 8.03. The Balaban J connectivity index is 2.04. The number of rotatable bonds is 3. The van der Waals surface area contributed by atoms with Gasteiger partial charge in [0.1, 0.15) is 5.82 Å². The molecular weight excluding hydrogens is 164 g/mol. The molecule has 3 heteroatoms. The lowest BCUT2D eigenvalue weighted by Crippen LogP contribution is -2.10. The van der Waals surface area contributed by atoms with Crippen molar-refractivity contribution in [2.24, 2.45) is 0 Å². The van der Waals surface area contributed by atoms with E-state index in [1.165, 1.54) is 5.56 Å². The first-order chi connectivity index (χ1) is 6.25. The molecule has 1 aliphatic rings. The molecule has 1 fully saturated rings. The summed E-state index contributed by atoms with van der Waals surface area (Å²) in [4.78, 5) is 6.33. The molecule has 1 aromatic heterocycles. The Morgan fingerprint density at radius 2 is 2.31 bits per heavy atom. The van der Waals surface area contributed by atoms with Gasteiger partial charge in [0.15, 0.2) is 0 Å². The van der Waals surface area contributed by atoms with Gasteiger partial charge in [-0.2, -0.15) is 0 Å². The number of anilines is 1. The van der Waals surface area contributed by atoms with E-state index < -0.39 is 0 Å². The van der Waals surface area contributed by atoms with Crippen LogP contribution in [0.5, 0.6) is 0 Å². The Kier molecular flexibility index (Phi) is 2.19. The average molecular weight is 178 g/mol. The van der Waals surface area contributed by atoms with Crippen LogP contribution in [0.4, 0.5) is 5.82 Å². The third-order valence-electron chi connectivity index (χ3n) is 2.13. The van der Waals surface area contributed by atoms with Crippen molar-refractivity contribution in [2.45, 2.75) is 12.5 Å². The molecule has 13 heavy (non-hydrogen) atoms. The van der Waals surface area contributed by atoms with Gasteiger partial charge in [0.25, 0.3) is 0 Å². The summed E-state index contributed by atoms with van der Waals surface area (Å²) in [6.07, 6.45) is 3.38. The van der Waals surface area contributed by atoms with Gasteiger partial charge in [0.05, 0.1) is 12.7 Å². The van der Waals surface area contributed by atoms with Crippen LogP contribution in [0.25, 0.3) is 0 Å². The van der Waals surface area contributed by atoms with Gasteiger partial charge in [-0.1, -0.05) is 6.07 Å². The van der Waals surface area contributed by atoms with Crippen LogP contribution in [0.3, 0.4) is 0 Å². The van der Waals surface area contributed by atoms with E-state index >= 15 is 0 Å². The number of hydrogen-bond donors (Lipinski definition) is 0. The molecule has 0 radical (unpaired) electrons. The molecule has 2 rings (SSSR count). The van der Waals surface area contributed by atoms with Gasteiger partial charge in [-0.25, -0.2) is 4.98 Å². The second kappa shape index (κ2) is 3.34. The van der Waals surface area contributed by atoms with Gasteiger partial charge in [0.2, 0.25) is 0 Å². The van der Waals surface area contributed by atoms with Gasteiger partial charge < -0.3 is 9.64 Å². The highest BCUT2D eigenvalue weighted by molar-refractivity contribution is 5.37. The van der Waals surface area contributed by atoms with E-state index in [0.29, 0.717) is 6.10 Å². The van der Waals surface area contributed by atoms with Crippen molar-refractivity contribution in [3.63, 3.8) is 0 Å². The van der Waals surface area contributed by atoms with Crippen molar-refractivity contribution in [1.29, 1.82) is 0 Å². The summed E-state index contributed by atoms with van der Waals surface area (Å²) >= 11 is 0. The van der Waals surface area contributed by atoms with Gasteiger partial charge in [-0.15, -0.1) is 0 Å². The monoisotopic (exact) mass is 178 g/mol. The van der Waals surface area contributed by atoms with Crippen LogP contribution in [0.15, 0.2) is 18.3 Å². The summed E-state index contributed by atoms with van der Waals surface area (Å²) in [6, 6.07) is 4.15. The Morgan fingerprint density at radius 3 is 2.77 bits per heavy atom. The normalized spacial score (nSPS) is 20.0. The predicted molar refractivity (Wildman–Crippen MR) is 52.0 cm³/mol. The van der Waals surface area contributed by atoms with E-state index in [2.05, 4.69) is 11.1 Å². The smallest absolute Gasteiger partial charge is 0.127 e. The van der Waals surface area contributed by atoms with Gasteiger partial charge in [0, 0.05) is 26.7 Å². The zero-order chi connectivity index (χ0) is 9.26. The summed E-state index contributed by atoms with van der Waals surface area (Å²) < 4.78 is 5.15.